The molecule has 1 unspecified atom stereocenters. The van der Waals surface area contributed by atoms with E-state index in [1.54, 1.807) is 0 Å². The van der Waals surface area contributed by atoms with Gasteiger partial charge in [0.05, 0.1) is 5.60 Å². The number of pyridine rings is 1. The zero-order chi connectivity index (χ0) is 14.2. The van der Waals surface area contributed by atoms with E-state index in [4.69, 9.17) is 0 Å². The third kappa shape index (κ3) is 2.83. The minimum Gasteiger partial charge on any atom is -0.389 e. The molecule has 1 aliphatic rings. The van der Waals surface area contributed by atoms with Gasteiger partial charge in [0.25, 0.3) is 0 Å². The normalized spacial score (nSPS) is 21.4. The molecule has 0 bridgehead atoms. The molecule has 1 fully saturated rings. The van der Waals surface area contributed by atoms with Gasteiger partial charge in [-0.15, -0.1) is 10.2 Å². The van der Waals surface area contributed by atoms with E-state index in [1.165, 1.54) is 0 Å². The van der Waals surface area contributed by atoms with Crippen LogP contribution in [0.5, 0.6) is 0 Å². The van der Waals surface area contributed by atoms with E-state index in [9.17, 15) is 5.11 Å². The van der Waals surface area contributed by atoms with Crippen molar-refractivity contribution < 1.29 is 5.11 Å². The van der Waals surface area contributed by atoms with E-state index in [0.29, 0.717) is 12.5 Å². The number of piperidine rings is 1. The van der Waals surface area contributed by atoms with Crippen molar-refractivity contribution >= 4 is 5.65 Å². The Hall–Kier alpha value is -1.46. The molecule has 0 saturated carbocycles. The van der Waals surface area contributed by atoms with Crippen molar-refractivity contribution in [3.63, 3.8) is 0 Å². The highest BCUT2D eigenvalue weighted by atomic mass is 16.3. The lowest BCUT2D eigenvalue weighted by Gasteiger charge is -2.35. The van der Waals surface area contributed by atoms with Gasteiger partial charge in [-0.3, -0.25) is 9.30 Å². The molecule has 5 nitrogen and oxygen atoms in total. The molecule has 1 N–H and O–H groups in total. The van der Waals surface area contributed by atoms with Gasteiger partial charge in [-0.2, -0.15) is 0 Å². The maximum Gasteiger partial charge on any atom is 0.160 e. The van der Waals surface area contributed by atoms with Crippen LogP contribution in [-0.2, 0) is 0 Å². The summed E-state index contributed by atoms with van der Waals surface area (Å²) in [5.41, 5.74) is 0.261. The third-order valence-corrected chi connectivity index (χ3v) is 3.82. The maximum atomic E-state index is 9.98. The summed E-state index contributed by atoms with van der Waals surface area (Å²) >= 11 is 0. The number of likely N-dealkylation sites (tertiary alicyclic amines) is 1. The van der Waals surface area contributed by atoms with Crippen molar-refractivity contribution in [1.82, 2.24) is 19.5 Å². The molecule has 0 radical (unpaired) electrons. The summed E-state index contributed by atoms with van der Waals surface area (Å²) in [7, 11) is 0. The molecule has 3 rings (SSSR count). The first-order valence-corrected chi connectivity index (χ1v) is 7.27. The number of fused-ring (bicyclic) bond motifs is 1. The lowest BCUT2D eigenvalue weighted by atomic mass is 9.96. The lowest BCUT2D eigenvalue weighted by Crippen LogP contribution is -2.43. The fourth-order valence-electron chi connectivity index (χ4n) is 3.10. The van der Waals surface area contributed by atoms with Crippen LogP contribution in [0.2, 0.25) is 0 Å². The van der Waals surface area contributed by atoms with Gasteiger partial charge in [-0.25, -0.2) is 0 Å². The molecule has 20 heavy (non-hydrogen) atoms. The standard InChI is InChI=1S/C15H22N4O/c1-15(2,20)11-18-8-5-6-12(10-18)14-17-16-13-7-3-4-9-19(13)14/h3-4,7,9,12,20H,5-6,8,10-11H2,1-2H3. The first-order valence-electron chi connectivity index (χ1n) is 7.27. The highest BCUT2D eigenvalue weighted by Gasteiger charge is 2.28. The molecule has 2 aromatic rings. The maximum absolute atomic E-state index is 9.98. The third-order valence-electron chi connectivity index (χ3n) is 3.82. The molecule has 0 amide bonds. The smallest absolute Gasteiger partial charge is 0.160 e. The van der Waals surface area contributed by atoms with E-state index >= 15 is 0 Å². The van der Waals surface area contributed by atoms with Gasteiger partial charge in [0.1, 0.15) is 5.82 Å². The summed E-state index contributed by atoms with van der Waals surface area (Å²) < 4.78 is 2.08. The van der Waals surface area contributed by atoms with E-state index in [1.807, 2.05) is 38.2 Å². The lowest BCUT2D eigenvalue weighted by molar-refractivity contribution is 0.0266. The summed E-state index contributed by atoms with van der Waals surface area (Å²) in [6, 6.07) is 5.97. The van der Waals surface area contributed by atoms with Crippen molar-refractivity contribution in [3.8, 4) is 0 Å². The Kier molecular flexibility index (Phi) is 3.48. The molecular weight excluding hydrogens is 252 g/mol. The minimum atomic E-state index is -0.644. The SMILES string of the molecule is CC(C)(O)CN1CCCC(c2nnc3ccccn23)C1. The Morgan fingerprint density at radius 2 is 2.20 bits per heavy atom. The van der Waals surface area contributed by atoms with Crippen molar-refractivity contribution in [2.75, 3.05) is 19.6 Å². The molecule has 2 aromatic heterocycles. The van der Waals surface area contributed by atoms with Crippen LogP contribution in [0.25, 0.3) is 5.65 Å². The van der Waals surface area contributed by atoms with Gasteiger partial charge in [0, 0.05) is 25.2 Å². The van der Waals surface area contributed by atoms with Crippen molar-refractivity contribution in [3.05, 3.63) is 30.2 Å². The van der Waals surface area contributed by atoms with Gasteiger partial charge in [0.2, 0.25) is 0 Å². The molecule has 0 spiro atoms. The molecule has 0 aliphatic carbocycles. The van der Waals surface area contributed by atoms with Crippen molar-refractivity contribution in [1.29, 1.82) is 0 Å². The summed E-state index contributed by atoms with van der Waals surface area (Å²) in [5.74, 6) is 1.43. The zero-order valence-electron chi connectivity index (χ0n) is 12.2. The highest BCUT2D eigenvalue weighted by Crippen LogP contribution is 2.26. The fourth-order valence-corrected chi connectivity index (χ4v) is 3.10. The summed E-state index contributed by atoms with van der Waals surface area (Å²) in [6.07, 6.45) is 4.31. The van der Waals surface area contributed by atoms with Crippen LogP contribution >= 0.6 is 0 Å². The van der Waals surface area contributed by atoms with Gasteiger partial charge < -0.3 is 5.11 Å². The Bertz CT molecular complexity index is 587. The first kappa shape index (κ1) is 13.5. The van der Waals surface area contributed by atoms with E-state index < -0.39 is 5.60 Å². The average Bonchev–Trinajstić information content (AvgIpc) is 2.81. The Balaban J connectivity index is 1.80. The number of aliphatic hydroxyl groups is 1. The minimum absolute atomic E-state index is 0.392. The molecule has 1 aliphatic heterocycles. The molecule has 3 heterocycles. The van der Waals surface area contributed by atoms with Crippen LogP contribution < -0.4 is 0 Å². The molecular formula is C15H22N4O. The van der Waals surface area contributed by atoms with E-state index in [2.05, 4.69) is 19.5 Å². The predicted octanol–water partition coefficient (Wildman–Crippen LogP) is 1.68. The summed E-state index contributed by atoms with van der Waals surface area (Å²) in [5, 5.41) is 18.6. The summed E-state index contributed by atoms with van der Waals surface area (Å²) in [4.78, 5) is 2.33. The van der Waals surface area contributed by atoms with Crippen molar-refractivity contribution in [2.45, 2.75) is 38.2 Å². The Morgan fingerprint density at radius 3 is 3.00 bits per heavy atom. The zero-order valence-corrected chi connectivity index (χ0v) is 12.2. The topological polar surface area (TPSA) is 53.7 Å². The van der Waals surface area contributed by atoms with E-state index in [-0.39, 0.29) is 0 Å². The van der Waals surface area contributed by atoms with Crippen LogP contribution in [0.1, 0.15) is 38.4 Å². The first-order chi connectivity index (χ1) is 9.53. The fraction of sp³-hybridized carbons (Fsp3) is 0.600. The quantitative estimate of drug-likeness (QED) is 0.925. The molecule has 5 heteroatoms. The van der Waals surface area contributed by atoms with Crippen LogP contribution in [-0.4, -0.2) is 49.8 Å². The molecule has 1 atom stereocenters. The van der Waals surface area contributed by atoms with Crippen LogP contribution in [0.3, 0.4) is 0 Å². The number of rotatable bonds is 3. The number of hydrogen-bond acceptors (Lipinski definition) is 4. The van der Waals surface area contributed by atoms with Crippen LogP contribution in [0.15, 0.2) is 24.4 Å². The highest BCUT2D eigenvalue weighted by molar-refractivity contribution is 5.37. The Morgan fingerprint density at radius 1 is 1.35 bits per heavy atom. The summed E-state index contributed by atoms with van der Waals surface area (Å²) in [6.45, 7) is 6.43. The molecule has 0 aromatic carbocycles. The number of nitrogens with zero attached hydrogens (tertiary/aromatic N) is 4. The largest absolute Gasteiger partial charge is 0.389 e. The Labute approximate surface area is 119 Å². The van der Waals surface area contributed by atoms with Gasteiger partial charge in [0.15, 0.2) is 5.65 Å². The van der Waals surface area contributed by atoms with Gasteiger partial charge >= 0.3 is 0 Å². The van der Waals surface area contributed by atoms with Crippen LogP contribution in [0, 0.1) is 0 Å². The average molecular weight is 274 g/mol. The number of hydrogen-bond donors (Lipinski definition) is 1. The number of aromatic nitrogens is 3. The monoisotopic (exact) mass is 274 g/mol. The second kappa shape index (κ2) is 5.14. The van der Waals surface area contributed by atoms with Gasteiger partial charge in [-0.05, 0) is 45.4 Å². The number of β-amino-alcohol motifs (C(OH)–C–C–N with tert-alkyl or cyclic N) is 1. The van der Waals surface area contributed by atoms with Crippen LogP contribution in [0.4, 0.5) is 0 Å². The predicted molar refractivity (Wildman–Crippen MR) is 77.7 cm³/mol. The second-order valence-corrected chi connectivity index (χ2v) is 6.37. The molecule has 108 valence electrons. The second-order valence-electron chi connectivity index (χ2n) is 6.37. The van der Waals surface area contributed by atoms with E-state index in [0.717, 1.165) is 37.4 Å². The molecule has 1 saturated heterocycles. The van der Waals surface area contributed by atoms with Gasteiger partial charge in [-0.1, -0.05) is 6.07 Å². The van der Waals surface area contributed by atoms with Crippen molar-refractivity contribution in [2.24, 2.45) is 0 Å².